The minimum absolute atomic E-state index is 0.504. The van der Waals surface area contributed by atoms with Gasteiger partial charge in [-0.3, -0.25) is 4.79 Å². The number of halogens is 3. The number of carbonyl (C=O) groups excluding carboxylic acids is 2. The lowest BCUT2D eigenvalue weighted by molar-refractivity contribution is -0.202. The van der Waals surface area contributed by atoms with Crippen LogP contribution in [0.4, 0.5) is 24.8 Å². The lowest BCUT2D eigenvalue weighted by atomic mass is 10.1. The number of ether oxygens (including phenoxy) is 1. The third-order valence-electron chi connectivity index (χ3n) is 6.58. The van der Waals surface area contributed by atoms with Gasteiger partial charge < -0.3 is 14.5 Å². The summed E-state index contributed by atoms with van der Waals surface area (Å²) in [5.74, 6) is -3.11. The largest absolute Gasteiger partial charge is 0.491 e. The van der Waals surface area contributed by atoms with E-state index in [1.807, 2.05) is 17.8 Å². The van der Waals surface area contributed by atoms with Crippen molar-refractivity contribution in [3.05, 3.63) is 23.5 Å². The molecule has 0 aromatic carbocycles. The first-order chi connectivity index (χ1) is 19.0. The zero-order chi connectivity index (χ0) is 29.2. The van der Waals surface area contributed by atoms with Crippen LogP contribution in [-0.2, 0) is 20.7 Å². The highest BCUT2D eigenvalue weighted by Gasteiger charge is 2.45. The van der Waals surface area contributed by atoms with Gasteiger partial charge in [0.25, 0.3) is 0 Å². The summed E-state index contributed by atoms with van der Waals surface area (Å²) >= 11 is 2.26. The van der Waals surface area contributed by atoms with E-state index in [1.165, 1.54) is 63.7 Å². The summed E-state index contributed by atoms with van der Waals surface area (Å²) in [4.78, 5) is 41.7. The molecule has 0 spiro atoms. The zero-order valence-electron chi connectivity index (χ0n) is 23.3. The monoisotopic (exact) mass is 601 g/mol. The van der Waals surface area contributed by atoms with E-state index in [-0.39, 0.29) is 0 Å². The summed E-state index contributed by atoms with van der Waals surface area (Å²) in [6, 6.07) is 0. The molecule has 1 aliphatic heterocycles. The molecule has 1 fully saturated rings. The van der Waals surface area contributed by atoms with E-state index in [9.17, 15) is 22.8 Å². The third kappa shape index (κ3) is 9.90. The molecule has 0 saturated carbocycles. The summed E-state index contributed by atoms with van der Waals surface area (Å²) in [7, 11) is 0. The van der Waals surface area contributed by atoms with Crippen LogP contribution in [0.5, 0.6) is 0 Å². The van der Waals surface area contributed by atoms with Crippen molar-refractivity contribution in [1.82, 2.24) is 15.0 Å². The molecule has 13 heteroatoms. The minimum Gasteiger partial charge on any atom is -0.385 e. The van der Waals surface area contributed by atoms with Gasteiger partial charge in [0.2, 0.25) is 5.95 Å². The first-order valence-corrected chi connectivity index (χ1v) is 15.5. The number of alkyl halides is 3. The summed E-state index contributed by atoms with van der Waals surface area (Å²) in [5.41, 5.74) is 1.84. The van der Waals surface area contributed by atoms with Crippen LogP contribution in [0.25, 0.3) is 0 Å². The molecule has 0 N–H and O–H groups in total. The number of hydrogen-bond donors (Lipinski definition) is 0. The molecule has 222 valence electrons. The number of rotatable bonds is 14. The second-order valence-electron chi connectivity index (χ2n) is 10.3. The summed E-state index contributed by atoms with van der Waals surface area (Å²) in [6.45, 7) is 8.52. The highest BCUT2D eigenvalue weighted by molar-refractivity contribution is 8.03. The van der Waals surface area contributed by atoms with Gasteiger partial charge in [-0.25, -0.2) is 19.7 Å². The van der Waals surface area contributed by atoms with Gasteiger partial charge in [0, 0.05) is 38.0 Å². The van der Waals surface area contributed by atoms with Crippen molar-refractivity contribution in [2.24, 2.45) is 0 Å². The molecule has 0 unspecified atom stereocenters. The van der Waals surface area contributed by atoms with Crippen LogP contribution in [0, 0.1) is 0 Å². The van der Waals surface area contributed by atoms with E-state index < -0.39 is 22.9 Å². The molecule has 3 rings (SSSR count). The van der Waals surface area contributed by atoms with Gasteiger partial charge in [-0.05, 0) is 39.5 Å². The number of aromatic nitrogens is 3. The van der Waals surface area contributed by atoms with Gasteiger partial charge in [0.15, 0.2) is 4.34 Å². The molecule has 0 radical (unpaired) electrons. The van der Waals surface area contributed by atoms with Gasteiger partial charge in [0.1, 0.15) is 4.75 Å². The second kappa shape index (κ2) is 15.0. The van der Waals surface area contributed by atoms with E-state index in [4.69, 9.17) is 0 Å². The van der Waals surface area contributed by atoms with Crippen molar-refractivity contribution in [2.45, 2.75) is 93.8 Å². The highest BCUT2D eigenvalue weighted by Crippen LogP contribution is 2.36. The van der Waals surface area contributed by atoms with E-state index >= 15 is 0 Å². The van der Waals surface area contributed by atoms with Gasteiger partial charge >= 0.3 is 18.1 Å². The Kier molecular flexibility index (Phi) is 12.0. The molecule has 3 heterocycles. The number of nitrogens with zero attached hydrogens (tertiary/aromatic N) is 5. The fraction of sp³-hybridized carbons (Fsp3) is 0.667. The number of unbranched alkanes of at least 4 members (excludes halogenated alkanes) is 4. The molecular formula is C27H38F3N5O3S2. The molecule has 0 bridgehead atoms. The van der Waals surface area contributed by atoms with Crippen molar-refractivity contribution in [1.29, 1.82) is 0 Å². The zero-order valence-corrected chi connectivity index (χ0v) is 25.0. The van der Waals surface area contributed by atoms with Gasteiger partial charge in [-0.2, -0.15) is 13.2 Å². The Morgan fingerprint density at radius 2 is 1.70 bits per heavy atom. The summed E-state index contributed by atoms with van der Waals surface area (Å²) < 4.78 is 40.5. The molecule has 2 aromatic rings. The van der Waals surface area contributed by atoms with Crippen LogP contribution < -0.4 is 9.80 Å². The molecule has 1 saturated heterocycles. The minimum atomic E-state index is -5.23. The Hall–Kier alpha value is -2.41. The Bertz CT molecular complexity index is 1090. The molecule has 0 amide bonds. The maximum atomic E-state index is 12.5. The van der Waals surface area contributed by atoms with Gasteiger partial charge in [-0.15, -0.1) is 11.3 Å². The van der Waals surface area contributed by atoms with E-state index in [2.05, 4.69) is 36.4 Å². The molecule has 40 heavy (non-hydrogen) atoms. The normalized spacial score (nSPS) is 14.3. The number of thiazole rings is 1. The van der Waals surface area contributed by atoms with Gasteiger partial charge in [0.05, 0.1) is 23.8 Å². The predicted molar refractivity (Wildman–Crippen MR) is 152 cm³/mol. The van der Waals surface area contributed by atoms with Crippen molar-refractivity contribution in [2.75, 3.05) is 36.0 Å². The third-order valence-corrected chi connectivity index (χ3v) is 8.74. The Balaban J connectivity index is 1.61. The van der Waals surface area contributed by atoms with Crippen LogP contribution in [-0.4, -0.2) is 64.0 Å². The number of esters is 2. The Morgan fingerprint density at radius 1 is 1.02 bits per heavy atom. The van der Waals surface area contributed by atoms with Crippen LogP contribution in [0.15, 0.2) is 22.1 Å². The van der Waals surface area contributed by atoms with Crippen molar-refractivity contribution >= 4 is 46.7 Å². The number of hydrogen-bond acceptors (Lipinski definition) is 10. The quantitative estimate of drug-likeness (QED) is 0.105. The number of carbonyl (C=O) groups is 2. The Labute approximate surface area is 242 Å². The first kappa shape index (κ1) is 32.1. The van der Waals surface area contributed by atoms with Gasteiger partial charge in [-0.1, -0.05) is 44.4 Å². The smallest absolute Gasteiger partial charge is 0.385 e. The highest BCUT2D eigenvalue weighted by atomic mass is 32.2. The average Bonchev–Trinajstić information content (AvgIpc) is 3.36. The Morgan fingerprint density at radius 3 is 2.35 bits per heavy atom. The topological polar surface area (TPSA) is 88.5 Å². The second-order valence-corrected chi connectivity index (χ2v) is 13.1. The number of thioether (sulfide) groups is 1. The van der Waals surface area contributed by atoms with E-state index in [0.717, 1.165) is 55.6 Å². The molecule has 0 aliphatic carbocycles. The fourth-order valence-corrected chi connectivity index (χ4v) is 6.50. The summed E-state index contributed by atoms with van der Waals surface area (Å²) in [6.07, 6.45) is 8.57. The first-order valence-electron chi connectivity index (χ1n) is 13.8. The molecule has 2 aromatic heterocycles. The van der Waals surface area contributed by atoms with Crippen LogP contribution >= 0.6 is 23.1 Å². The lowest BCUT2D eigenvalue weighted by Crippen LogP contribution is -2.36. The fourth-order valence-electron chi connectivity index (χ4n) is 4.24. The maximum absolute atomic E-state index is 12.5. The van der Waals surface area contributed by atoms with Crippen LogP contribution in [0.2, 0.25) is 0 Å². The standard InChI is InChI=1S/C27H38F3N5O3S2/c1-4-5-6-7-9-15-35(24-31-17-21(18-32-24)34-13-10-8-11-14-34)16-12-20-19-39-25(33-20)40-26(2,3)22(36)38-23(37)27(28,29)30/h17-19H,4-16H2,1-3H3. The number of anilines is 2. The average molecular weight is 602 g/mol. The molecule has 8 nitrogen and oxygen atoms in total. The number of piperidine rings is 1. The predicted octanol–water partition coefficient (Wildman–Crippen LogP) is 6.45. The molecular weight excluding hydrogens is 563 g/mol. The van der Waals surface area contributed by atoms with Crippen LogP contribution in [0.1, 0.15) is 77.8 Å². The molecule has 0 atom stereocenters. The summed E-state index contributed by atoms with van der Waals surface area (Å²) in [5, 5.41) is 1.87. The maximum Gasteiger partial charge on any atom is 0.491 e. The van der Waals surface area contributed by atoms with Crippen molar-refractivity contribution in [3.8, 4) is 0 Å². The van der Waals surface area contributed by atoms with Crippen LogP contribution in [0.3, 0.4) is 0 Å². The van der Waals surface area contributed by atoms with Crippen molar-refractivity contribution in [3.63, 3.8) is 0 Å². The van der Waals surface area contributed by atoms with E-state index in [0.29, 0.717) is 23.3 Å². The SMILES string of the molecule is CCCCCCCN(CCc1csc(SC(C)(C)C(=O)OC(=O)C(F)(F)F)n1)c1ncc(N2CCCCC2)cn1. The van der Waals surface area contributed by atoms with E-state index in [1.54, 1.807) is 0 Å². The molecule has 1 aliphatic rings. The lowest BCUT2D eigenvalue weighted by Gasteiger charge is -2.29. The van der Waals surface area contributed by atoms with Crippen molar-refractivity contribution < 1.29 is 27.5 Å².